The first-order valence-corrected chi connectivity index (χ1v) is 7.51. The van der Waals surface area contributed by atoms with Gasteiger partial charge in [0.1, 0.15) is 6.04 Å². The molecule has 0 saturated carbocycles. The normalized spacial score (nSPS) is 12.5. The van der Waals surface area contributed by atoms with Crippen molar-refractivity contribution in [2.75, 3.05) is 0 Å². The van der Waals surface area contributed by atoms with E-state index in [0.29, 0.717) is 11.8 Å². The highest BCUT2D eigenvalue weighted by molar-refractivity contribution is 5.57. The molecule has 1 unspecified atom stereocenters. The summed E-state index contributed by atoms with van der Waals surface area (Å²) in [5.74, 6) is 1.80. The molecule has 1 heterocycles. The van der Waals surface area contributed by atoms with Crippen molar-refractivity contribution in [1.82, 2.24) is 4.98 Å². The number of nitrogens with zero attached hydrogens (tertiary/aromatic N) is 1. The first kappa shape index (κ1) is 14.5. The highest BCUT2D eigenvalue weighted by atomic mass is 16.4. The van der Waals surface area contributed by atoms with Crippen molar-refractivity contribution in [3.8, 4) is 11.3 Å². The minimum Gasteiger partial charge on any atom is -0.439 e. The quantitative estimate of drug-likeness (QED) is 0.769. The molecule has 1 aromatic heterocycles. The van der Waals surface area contributed by atoms with Crippen LogP contribution >= 0.6 is 0 Å². The zero-order valence-electron chi connectivity index (χ0n) is 12.9. The Bertz CT molecular complexity index is 730. The summed E-state index contributed by atoms with van der Waals surface area (Å²) in [5.41, 5.74) is 9.53. The van der Waals surface area contributed by atoms with Crippen LogP contribution < -0.4 is 5.73 Å². The van der Waals surface area contributed by atoms with Crippen LogP contribution in [-0.4, -0.2) is 4.98 Å². The van der Waals surface area contributed by atoms with Gasteiger partial charge in [0, 0.05) is 5.56 Å². The van der Waals surface area contributed by atoms with Gasteiger partial charge in [-0.3, -0.25) is 0 Å². The Balaban J connectivity index is 1.84. The number of nitrogens with two attached hydrogens (primary N) is 1. The number of rotatable bonds is 4. The predicted molar refractivity (Wildman–Crippen MR) is 88.5 cm³/mol. The van der Waals surface area contributed by atoms with Gasteiger partial charge in [-0.25, -0.2) is 4.98 Å². The van der Waals surface area contributed by atoms with E-state index in [1.54, 1.807) is 6.20 Å². The van der Waals surface area contributed by atoms with Crippen molar-refractivity contribution in [2.45, 2.75) is 25.8 Å². The summed E-state index contributed by atoms with van der Waals surface area (Å²) in [5, 5.41) is 0. The molecular formula is C19H20N2O. The zero-order valence-corrected chi connectivity index (χ0v) is 12.9. The van der Waals surface area contributed by atoms with Gasteiger partial charge in [0.15, 0.2) is 5.76 Å². The molecule has 0 fully saturated rings. The molecule has 112 valence electrons. The van der Waals surface area contributed by atoms with Crippen LogP contribution in [0.2, 0.25) is 0 Å². The smallest absolute Gasteiger partial charge is 0.216 e. The summed E-state index contributed by atoms with van der Waals surface area (Å²) in [4.78, 5) is 4.33. The molecule has 3 rings (SSSR count). The van der Waals surface area contributed by atoms with Crippen molar-refractivity contribution in [3.05, 3.63) is 77.8 Å². The Morgan fingerprint density at radius 1 is 0.909 bits per heavy atom. The number of hydrogen-bond donors (Lipinski definition) is 1. The van der Waals surface area contributed by atoms with Crippen LogP contribution in [0.4, 0.5) is 0 Å². The van der Waals surface area contributed by atoms with Crippen molar-refractivity contribution in [3.63, 3.8) is 0 Å². The topological polar surface area (TPSA) is 52.0 Å². The minimum atomic E-state index is -0.343. The highest BCUT2D eigenvalue weighted by Gasteiger charge is 2.15. The second-order valence-corrected chi connectivity index (χ2v) is 5.73. The SMILES string of the molecule is CC(C)c1ccc(-c2cnc(C(N)c3ccccc3)o2)cc1. The minimum absolute atomic E-state index is 0.343. The Morgan fingerprint density at radius 2 is 1.59 bits per heavy atom. The molecule has 22 heavy (non-hydrogen) atoms. The Labute approximate surface area is 130 Å². The molecule has 0 spiro atoms. The van der Waals surface area contributed by atoms with Crippen LogP contribution in [0.5, 0.6) is 0 Å². The maximum Gasteiger partial charge on any atom is 0.216 e. The largest absolute Gasteiger partial charge is 0.439 e. The lowest BCUT2D eigenvalue weighted by Crippen LogP contribution is -2.11. The summed E-state index contributed by atoms with van der Waals surface area (Å²) in [6, 6.07) is 17.9. The third-order valence-corrected chi connectivity index (χ3v) is 3.81. The lowest BCUT2D eigenvalue weighted by atomic mass is 10.0. The van der Waals surface area contributed by atoms with E-state index in [0.717, 1.165) is 16.9 Å². The van der Waals surface area contributed by atoms with E-state index < -0.39 is 0 Å². The van der Waals surface area contributed by atoms with E-state index in [1.807, 2.05) is 30.3 Å². The summed E-state index contributed by atoms with van der Waals surface area (Å²) < 4.78 is 5.85. The fourth-order valence-corrected chi connectivity index (χ4v) is 2.40. The Kier molecular flexibility index (Phi) is 4.07. The highest BCUT2D eigenvalue weighted by Crippen LogP contribution is 2.26. The van der Waals surface area contributed by atoms with Crippen LogP contribution in [0.3, 0.4) is 0 Å². The van der Waals surface area contributed by atoms with Crippen LogP contribution in [0.25, 0.3) is 11.3 Å². The Morgan fingerprint density at radius 3 is 2.23 bits per heavy atom. The average molecular weight is 292 g/mol. The van der Waals surface area contributed by atoms with Crippen molar-refractivity contribution >= 4 is 0 Å². The molecule has 3 heteroatoms. The summed E-state index contributed by atoms with van der Waals surface area (Å²) >= 11 is 0. The molecule has 0 aliphatic rings. The molecule has 1 atom stereocenters. The van der Waals surface area contributed by atoms with E-state index in [-0.39, 0.29) is 6.04 Å². The predicted octanol–water partition coefficient (Wildman–Crippen LogP) is 4.51. The molecule has 0 saturated heterocycles. The van der Waals surface area contributed by atoms with Crippen LogP contribution in [0.1, 0.15) is 42.8 Å². The van der Waals surface area contributed by atoms with Gasteiger partial charge in [-0.15, -0.1) is 0 Å². The van der Waals surface area contributed by atoms with E-state index in [4.69, 9.17) is 10.2 Å². The van der Waals surface area contributed by atoms with E-state index >= 15 is 0 Å². The van der Waals surface area contributed by atoms with Crippen LogP contribution in [-0.2, 0) is 0 Å². The zero-order chi connectivity index (χ0) is 15.5. The molecule has 3 aromatic rings. The lowest BCUT2D eigenvalue weighted by Gasteiger charge is -2.07. The van der Waals surface area contributed by atoms with Gasteiger partial charge in [-0.05, 0) is 17.0 Å². The van der Waals surface area contributed by atoms with E-state index in [9.17, 15) is 0 Å². The first-order chi connectivity index (χ1) is 10.6. The fourth-order valence-electron chi connectivity index (χ4n) is 2.40. The molecule has 0 aliphatic heterocycles. The molecule has 0 radical (unpaired) electrons. The maximum absolute atomic E-state index is 6.22. The van der Waals surface area contributed by atoms with Gasteiger partial charge in [0.25, 0.3) is 0 Å². The fraction of sp³-hybridized carbons (Fsp3) is 0.211. The lowest BCUT2D eigenvalue weighted by molar-refractivity contribution is 0.484. The Hall–Kier alpha value is -2.39. The third-order valence-electron chi connectivity index (χ3n) is 3.81. The summed E-state index contributed by atoms with van der Waals surface area (Å²) in [7, 11) is 0. The monoisotopic (exact) mass is 292 g/mol. The molecule has 2 aromatic carbocycles. The van der Waals surface area contributed by atoms with Gasteiger partial charge in [0.2, 0.25) is 5.89 Å². The average Bonchev–Trinajstić information content (AvgIpc) is 3.05. The standard InChI is InChI=1S/C19H20N2O/c1-13(2)14-8-10-15(11-9-14)17-12-21-19(22-17)18(20)16-6-4-3-5-7-16/h3-13,18H,20H2,1-2H3. The van der Waals surface area contributed by atoms with Gasteiger partial charge >= 0.3 is 0 Å². The van der Waals surface area contributed by atoms with Crippen LogP contribution in [0.15, 0.2) is 65.2 Å². The molecule has 0 aliphatic carbocycles. The summed E-state index contributed by atoms with van der Waals surface area (Å²) in [6.07, 6.45) is 1.74. The van der Waals surface area contributed by atoms with Gasteiger partial charge in [0.05, 0.1) is 6.20 Å². The molecule has 3 nitrogen and oxygen atoms in total. The number of benzene rings is 2. The van der Waals surface area contributed by atoms with Gasteiger partial charge in [-0.1, -0.05) is 68.4 Å². The number of oxazole rings is 1. The van der Waals surface area contributed by atoms with E-state index in [2.05, 4.69) is 43.1 Å². The second kappa shape index (κ2) is 6.16. The van der Waals surface area contributed by atoms with Crippen molar-refractivity contribution in [1.29, 1.82) is 0 Å². The van der Waals surface area contributed by atoms with Crippen LogP contribution in [0, 0.1) is 0 Å². The van der Waals surface area contributed by atoms with Crippen molar-refractivity contribution in [2.24, 2.45) is 5.73 Å². The maximum atomic E-state index is 6.22. The van der Waals surface area contributed by atoms with Crippen molar-refractivity contribution < 1.29 is 4.42 Å². The number of hydrogen-bond acceptors (Lipinski definition) is 3. The third kappa shape index (κ3) is 2.95. The van der Waals surface area contributed by atoms with Gasteiger partial charge < -0.3 is 10.2 Å². The molecular weight excluding hydrogens is 272 g/mol. The molecule has 0 amide bonds. The van der Waals surface area contributed by atoms with Gasteiger partial charge in [-0.2, -0.15) is 0 Å². The second-order valence-electron chi connectivity index (χ2n) is 5.73. The summed E-state index contributed by atoms with van der Waals surface area (Å²) in [6.45, 7) is 4.36. The molecule has 0 bridgehead atoms. The number of aromatic nitrogens is 1. The first-order valence-electron chi connectivity index (χ1n) is 7.51. The molecule has 2 N–H and O–H groups in total. The van der Waals surface area contributed by atoms with E-state index in [1.165, 1.54) is 5.56 Å².